The average molecular weight is 621 g/mol. The predicted molar refractivity (Wildman–Crippen MR) is 166 cm³/mol. The summed E-state index contributed by atoms with van der Waals surface area (Å²) in [5, 5.41) is 48.9. The first kappa shape index (κ1) is 32.2. The van der Waals surface area contributed by atoms with E-state index in [9.17, 15) is 34.8 Å². The van der Waals surface area contributed by atoms with Crippen molar-refractivity contribution >= 4 is 23.2 Å². The number of aromatic hydroxyl groups is 1. The molecule has 45 heavy (non-hydrogen) atoms. The highest BCUT2D eigenvalue weighted by atomic mass is 16.5. The number of aliphatic hydroxyl groups is 3. The van der Waals surface area contributed by atoms with E-state index >= 15 is 0 Å². The lowest BCUT2D eigenvalue weighted by Gasteiger charge is -2.50. The zero-order valence-electron chi connectivity index (χ0n) is 26.0. The molecule has 0 heterocycles. The van der Waals surface area contributed by atoms with E-state index in [2.05, 4.69) is 10.2 Å². The van der Waals surface area contributed by atoms with Crippen molar-refractivity contribution in [3.05, 3.63) is 63.9 Å². The van der Waals surface area contributed by atoms with Crippen molar-refractivity contribution in [2.75, 3.05) is 48.4 Å². The normalized spacial score (nSPS) is 24.6. The van der Waals surface area contributed by atoms with Crippen LogP contribution in [0.3, 0.4) is 0 Å². The molecule has 4 atom stereocenters. The Labute approximate surface area is 261 Å². The molecule has 0 bridgehead atoms. The topological polar surface area (TPSA) is 186 Å². The number of benzene rings is 2. The number of Topliss-reactive ketones (excluding diaryl/α,β-unsaturated/α-hetero) is 2. The molecule has 7 N–H and O–H groups in total. The van der Waals surface area contributed by atoms with Crippen molar-refractivity contribution in [1.29, 1.82) is 0 Å². The second-order valence-electron chi connectivity index (χ2n) is 12.5. The number of ketones is 2. The number of carbonyl (C=O) groups is 3. The molecule has 0 radical (unpaired) electrons. The molecule has 0 aromatic heterocycles. The number of likely N-dealkylation sites (N-methyl/N-ethyl adjacent to an activating group) is 2. The van der Waals surface area contributed by atoms with Gasteiger partial charge in [0.1, 0.15) is 28.6 Å². The molecule has 240 valence electrons. The summed E-state index contributed by atoms with van der Waals surface area (Å²) in [6, 6.07) is 7.78. The molecule has 12 heteroatoms. The number of ether oxygens (including phenoxy) is 1. The van der Waals surface area contributed by atoms with Gasteiger partial charge in [0.15, 0.2) is 11.4 Å². The van der Waals surface area contributed by atoms with Gasteiger partial charge in [-0.3, -0.25) is 19.3 Å². The quantitative estimate of drug-likeness (QED) is 0.175. The molecule has 5 rings (SSSR count). The Balaban J connectivity index is 1.64. The van der Waals surface area contributed by atoms with Crippen molar-refractivity contribution in [2.24, 2.45) is 17.6 Å². The number of nitrogens with zero attached hydrogens (tertiary/aromatic N) is 2. The molecule has 2 aromatic rings. The summed E-state index contributed by atoms with van der Waals surface area (Å²) in [5.41, 5.74) is 4.66. The summed E-state index contributed by atoms with van der Waals surface area (Å²) in [6.45, 7) is 2.26. The monoisotopic (exact) mass is 620 g/mol. The van der Waals surface area contributed by atoms with Gasteiger partial charge in [0.05, 0.1) is 18.7 Å². The van der Waals surface area contributed by atoms with Gasteiger partial charge in [-0.2, -0.15) is 0 Å². The smallest absolute Gasteiger partial charge is 0.255 e. The SMILES string of the molecule is COc1ccc(CNCCN(C)C)cc1-c1ccc(O)c2c1C[C@H]1C[C@@H]3[C@@H](N(C)C)C(=O)C(C(N)=O)=C(O)[C@@]3(O)C(=O)C1=C2O. The Morgan fingerprint density at radius 2 is 1.80 bits per heavy atom. The highest BCUT2D eigenvalue weighted by molar-refractivity contribution is 6.24. The van der Waals surface area contributed by atoms with Crippen molar-refractivity contribution < 1.29 is 39.5 Å². The number of hydrogen-bond donors (Lipinski definition) is 6. The van der Waals surface area contributed by atoms with E-state index in [-0.39, 0.29) is 29.7 Å². The van der Waals surface area contributed by atoms with Crippen molar-refractivity contribution in [3.63, 3.8) is 0 Å². The third kappa shape index (κ3) is 5.17. The maximum absolute atomic E-state index is 14.1. The van der Waals surface area contributed by atoms with E-state index in [0.717, 1.165) is 24.2 Å². The van der Waals surface area contributed by atoms with Crippen LogP contribution in [0, 0.1) is 11.8 Å². The standard InChI is InChI=1S/C33H40N4O8/c1-36(2)11-10-35-15-16-6-9-23(45-5)19(12-16)18-7-8-22(38)25-20(18)13-17-14-21-27(37(3)4)29(40)26(32(34)43)31(42)33(21,44)30(41)24(17)28(25)39/h6-9,12,17,21,27,35,38-39,42,44H,10-11,13-15H2,1-5H3,(H2,34,43)/t17-,21+,27+,33-/m0/s1. The number of fused-ring (bicyclic) bond motifs is 3. The molecular weight excluding hydrogens is 580 g/mol. The largest absolute Gasteiger partial charge is 0.508 e. The highest BCUT2D eigenvalue weighted by Gasteiger charge is 2.64. The Hall–Kier alpha value is -4.23. The number of nitrogens with two attached hydrogens (primary N) is 1. The molecule has 3 aliphatic rings. The second-order valence-corrected chi connectivity index (χ2v) is 12.5. The maximum atomic E-state index is 14.1. The minimum absolute atomic E-state index is 0.00777. The van der Waals surface area contributed by atoms with E-state index in [1.807, 2.05) is 32.3 Å². The third-order valence-electron chi connectivity index (χ3n) is 9.22. The van der Waals surface area contributed by atoms with Gasteiger partial charge in [-0.25, -0.2) is 0 Å². The van der Waals surface area contributed by atoms with E-state index in [0.29, 0.717) is 23.4 Å². The predicted octanol–water partition coefficient (Wildman–Crippen LogP) is 1.29. The first-order valence-corrected chi connectivity index (χ1v) is 14.8. The summed E-state index contributed by atoms with van der Waals surface area (Å²) in [4.78, 5) is 43.2. The van der Waals surface area contributed by atoms with Crippen molar-refractivity contribution in [2.45, 2.75) is 31.0 Å². The summed E-state index contributed by atoms with van der Waals surface area (Å²) < 4.78 is 5.70. The number of hydrogen-bond acceptors (Lipinski definition) is 11. The number of nitrogens with one attached hydrogen (secondary N) is 1. The molecular formula is C33H40N4O8. The molecule has 12 nitrogen and oxygen atoms in total. The molecule has 0 unspecified atom stereocenters. The number of amides is 1. The van der Waals surface area contributed by atoms with Crippen LogP contribution in [0.5, 0.6) is 11.5 Å². The van der Waals surface area contributed by atoms with E-state index in [4.69, 9.17) is 10.5 Å². The number of primary amides is 1. The molecule has 3 aliphatic carbocycles. The van der Waals surface area contributed by atoms with Crippen LogP contribution < -0.4 is 15.8 Å². The minimum Gasteiger partial charge on any atom is -0.508 e. The van der Waals surface area contributed by atoms with Gasteiger partial charge in [-0.1, -0.05) is 12.1 Å². The summed E-state index contributed by atoms with van der Waals surface area (Å²) in [6.07, 6.45) is 0.181. The molecule has 0 aliphatic heterocycles. The van der Waals surface area contributed by atoms with E-state index in [1.165, 1.54) is 11.0 Å². The Morgan fingerprint density at radius 3 is 2.42 bits per heavy atom. The number of phenolic OH excluding ortho intramolecular Hbond substituents is 1. The van der Waals surface area contributed by atoms with Crippen LogP contribution in [0.1, 0.15) is 23.1 Å². The maximum Gasteiger partial charge on any atom is 0.255 e. The number of phenols is 1. The second kappa shape index (κ2) is 11.9. The van der Waals surface area contributed by atoms with Gasteiger partial charge < -0.3 is 41.1 Å². The van der Waals surface area contributed by atoms with Crippen LogP contribution in [0.4, 0.5) is 0 Å². The fourth-order valence-corrected chi connectivity index (χ4v) is 7.11. The van der Waals surface area contributed by atoms with Gasteiger partial charge in [0.2, 0.25) is 5.78 Å². The van der Waals surface area contributed by atoms with Crippen LogP contribution in [0.2, 0.25) is 0 Å². The molecule has 0 saturated heterocycles. The first-order valence-electron chi connectivity index (χ1n) is 14.8. The summed E-state index contributed by atoms with van der Waals surface area (Å²) in [7, 11) is 8.69. The number of carbonyl (C=O) groups excluding carboxylic acids is 3. The number of rotatable bonds is 9. The van der Waals surface area contributed by atoms with Crippen LogP contribution in [-0.4, -0.2) is 108 Å². The molecule has 2 aromatic carbocycles. The zero-order valence-corrected chi connectivity index (χ0v) is 26.0. The minimum atomic E-state index is -2.69. The number of methoxy groups -OCH3 is 1. The van der Waals surface area contributed by atoms with Crippen LogP contribution in [0.15, 0.2) is 47.2 Å². The molecule has 1 fully saturated rings. The van der Waals surface area contributed by atoms with Crippen molar-refractivity contribution in [3.8, 4) is 22.6 Å². The summed E-state index contributed by atoms with van der Waals surface area (Å²) in [5.74, 6) is -6.30. The van der Waals surface area contributed by atoms with Crippen LogP contribution in [-0.2, 0) is 27.3 Å². The Kier molecular flexibility index (Phi) is 8.53. The fraction of sp³-hybridized carbons (Fsp3) is 0.424. The Bertz CT molecular complexity index is 1650. The lowest BCUT2D eigenvalue weighted by Crippen LogP contribution is -2.65. The lowest BCUT2D eigenvalue weighted by molar-refractivity contribution is -0.153. The lowest BCUT2D eigenvalue weighted by atomic mass is 9.57. The fourth-order valence-electron chi connectivity index (χ4n) is 7.11. The first-order chi connectivity index (χ1) is 21.2. The molecule has 0 spiro atoms. The van der Waals surface area contributed by atoms with Gasteiger partial charge in [0, 0.05) is 36.7 Å². The average Bonchev–Trinajstić information content (AvgIpc) is 2.97. The van der Waals surface area contributed by atoms with Gasteiger partial charge >= 0.3 is 0 Å². The van der Waals surface area contributed by atoms with E-state index in [1.54, 1.807) is 27.3 Å². The highest BCUT2D eigenvalue weighted by Crippen LogP contribution is 2.54. The van der Waals surface area contributed by atoms with Crippen LogP contribution in [0.25, 0.3) is 16.9 Å². The van der Waals surface area contributed by atoms with Crippen molar-refractivity contribution in [1.82, 2.24) is 15.1 Å². The number of aliphatic hydroxyl groups excluding tert-OH is 2. The van der Waals surface area contributed by atoms with Gasteiger partial charge in [-0.05, 0) is 81.8 Å². The van der Waals surface area contributed by atoms with Gasteiger partial charge in [-0.15, -0.1) is 0 Å². The van der Waals surface area contributed by atoms with E-state index < -0.39 is 58.0 Å². The van der Waals surface area contributed by atoms with Gasteiger partial charge in [0.25, 0.3) is 5.91 Å². The summed E-state index contributed by atoms with van der Waals surface area (Å²) >= 11 is 0. The third-order valence-corrected chi connectivity index (χ3v) is 9.22. The zero-order chi connectivity index (χ0) is 33.0. The Morgan fingerprint density at radius 1 is 1.09 bits per heavy atom. The molecule has 1 amide bonds. The molecule has 1 saturated carbocycles. The van der Waals surface area contributed by atoms with Crippen LogP contribution >= 0.6 is 0 Å².